The Morgan fingerprint density at radius 1 is 0.833 bits per heavy atom. The van der Waals surface area contributed by atoms with E-state index in [-0.39, 0.29) is 0 Å². The third-order valence-electron chi connectivity index (χ3n) is 0.820. The molecule has 0 aromatic rings. The summed E-state index contributed by atoms with van der Waals surface area (Å²) in [5.74, 6) is 0. The lowest BCUT2D eigenvalue weighted by Crippen LogP contribution is -2.46. The zero-order valence-corrected chi connectivity index (χ0v) is 11.4. The van der Waals surface area contributed by atoms with Crippen LogP contribution in [0.25, 0.3) is 0 Å². The Bertz CT molecular complexity index is 203. The second-order valence-electron chi connectivity index (χ2n) is 1.60. The smallest absolute Gasteiger partial charge is 0.262 e. The van der Waals surface area contributed by atoms with E-state index in [0.29, 0.717) is 0 Å². The fraction of sp³-hybridized carbons (Fsp3) is 1.00. The summed E-state index contributed by atoms with van der Waals surface area (Å²) in [6, 6.07) is 0. The number of nitrogens with zero attached hydrogens (tertiary/aromatic N) is 2. The number of hydrogen-bond donors (Lipinski definition) is 0. The summed E-state index contributed by atoms with van der Waals surface area (Å²) in [6.45, 7) is 0. The number of halogens is 4. The first-order valence-electron chi connectivity index (χ1n) is 2.18. The molecule has 0 aromatic carbocycles. The van der Waals surface area contributed by atoms with Crippen LogP contribution in [0.3, 0.4) is 0 Å². The van der Waals surface area contributed by atoms with E-state index in [1.54, 1.807) is 0 Å². The van der Waals surface area contributed by atoms with Crippen LogP contribution < -0.4 is 0 Å². The largest absolute Gasteiger partial charge is 0.415 e. The number of rotatable bonds is 3. The van der Waals surface area contributed by atoms with Crippen LogP contribution in [0.15, 0.2) is 0 Å². The molecule has 0 aromatic heterocycles. The van der Waals surface area contributed by atoms with Gasteiger partial charge >= 0.3 is 6.71 Å². The molecule has 0 rings (SSSR count). The van der Waals surface area contributed by atoms with Crippen molar-refractivity contribution >= 4 is 63.7 Å². The van der Waals surface area contributed by atoms with E-state index in [2.05, 4.69) is 63.7 Å². The topological polar surface area (TPSA) is 86.3 Å². The second-order valence-corrected chi connectivity index (χ2v) is 8.32. The molecule has 0 radical (unpaired) electrons. The summed E-state index contributed by atoms with van der Waals surface area (Å²) in [5.41, 5.74) is 0. The molecule has 0 fully saturated rings. The van der Waals surface area contributed by atoms with E-state index >= 15 is 0 Å². The lowest BCUT2D eigenvalue weighted by Gasteiger charge is -2.18. The molecule has 0 saturated carbocycles. The van der Waals surface area contributed by atoms with E-state index < -0.39 is 16.6 Å². The minimum absolute atomic E-state index is 0.890. The molecule has 0 amide bonds. The summed E-state index contributed by atoms with van der Waals surface area (Å²) in [6.07, 6.45) is 0. The van der Waals surface area contributed by atoms with Crippen molar-refractivity contribution < 1.29 is 9.85 Å². The fourth-order valence-corrected chi connectivity index (χ4v) is 0.799. The Morgan fingerprint density at radius 2 is 1.00 bits per heavy atom. The van der Waals surface area contributed by atoms with Gasteiger partial charge in [-0.3, -0.25) is 20.2 Å². The molecule has 0 N–H and O–H groups in total. The molecule has 0 aliphatic rings. The molecule has 0 heterocycles. The predicted molar refractivity (Wildman–Crippen MR) is 55.2 cm³/mol. The van der Waals surface area contributed by atoms with Crippen molar-refractivity contribution in [3.63, 3.8) is 0 Å². The highest BCUT2D eigenvalue weighted by Gasteiger charge is 2.66. The summed E-state index contributed by atoms with van der Waals surface area (Å²) >= 11 is 10.2. The molecular formula is C2Br4N2O4. The highest BCUT2D eigenvalue weighted by atomic mass is 79.9. The Kier molecular flexibility index (Phi) is 4.07. The minimum Gasteiger partial charge on any atom is -0.262 e. The van der Waals surface area contributed by atoms with Gasteiger partial charge in [0.25, 0.3) is 0 Å². The van der Waals surface area contributed by atoms with Gasteiger partial charge in [-0.1, -0.05) is 0 Å². The maximum atomic E-state index is 10.3. The average molecular weight is 436 g/mol. The third kappa shape index (κ3) is 2.15. The quantitative estimate of drug-likeness (QED) is 0.295. The summed E-state index contributed by atoms with van der Waals surface area (Å²) < 4.78 is -4.20. The van der Waals surface area contributed by atoms with Crippen molar-refractivity contribution in [2.24, 2.45) is 0 Å². The molecule has 70 valence electrons. The predicted octanol–water partition coefficient (Wildman–Crippen LogP) is 2.43. The van der Waals surface area contributed by atoms with Crippen LogP contribution in [-0.4, -0.2) is 16.6 Å². The highest BCUT2D eigenvalue weighted by molar-refractivity contribution is 9.30. The van der Waals surface area contributed by atoms with Gasteiger partial charge in [0.1, 0.15) is 0 Å². The molecule has 0 aliphatic carbocycles. The number of nitro groups is 2. The molecule has 10 heteroatoms. The van der Waals surface area contributed by atoms with Crippen LogP contribution in [-0.2, 0) is 0 Å². The van der Waals surface area contributed by atoms with Gasteiger partial charge in [-0.25, -0.2) is 0 Å². The standard InChI is InChI=1S/C2Br4N2O4/c3-1(4,7(9)10)2(5,6)8(11)12. The van der Waals surface area contributed by atoms with Gasteiger partial charge in [-0.2, -0.15) is 0 Å². The van der Waals surface area contributed by atoms with E-state index in [0.717, 1.165) is 0 Å². The molecule has 0 unspecified atom stereocenters. The normalized spacial score (nSPS) is 12.7. The van der Waals surface area contributed by atoms with Crippen molar-refractivity contribution in [2.45, 2.75) is 6.71 Å². The molecule has 0 spiro atoms. The highest BCUT2D eigenvalue weighted by Crippen LogP contribution is 2.48. The summed E-state index contributed by atoms with van der Waals surface area (Å²) in [7, 11) is 0. The first kappa shape index (κ1) is 12.7. The zero-order chi connectivity index (χ0) is 10.2. The number of alkyl halides is 4. The van der Waals surface area contributed by atoms with Crippen molar-refractivity contribution in [2.75, 3.05) is 0 Å². The van der Waals surface area contributed by atoms with Crippen LogP contribution in [0.4, 0.5) is 0 Å². The van der Waals surface area contributed by atoms with Gasteiger partial charge in [0.2, 0.25) is 0 Å². The van der Waals surface area contributed by atoms with Crippen molar-refractivity contribution in [3.8, 4) is 0 Å². The van der Waals surface area contributed by atoms with E-state index in [9.17, 15) is 20.2 Å². The number of hydrogen-bond acceptors (Lipinski definition) is 4. The Balaban J connectivity index is 5.01. The van der Waals surface area contributed by atoms with Crippen LogP contribution in [0.1, 0.15) is 0 Å². The van der Waals surface area contributed by atoms with E-state index in [4.69, 9.17) is 0 Å². The Hall–Kier alpha value is 0.720. The molecular weight excluding hydrogens is 436 g/mol. The Morgan fingerprint density at radius 3 is 1.08 bits per heavy atom. The first-order valence-corrected chi connectivity index (χ1v) is 5.36. The van der Waals surface area contributed by atoms with Gasteiger partial charge in [0.05, 0.1) is 9.85 Å². The van der Waals surface area contributed by atoms with E-state index in [1.807, 2.05) is 0 Å². The van der Waals surface area contributed by atoms with Crippen molar-refractivity contribution in [1.82, 2.24) is 0 Å². The van der Waals surface area contributed by atoms with Crippen molar-refractivity contribution in [3.05, 3.63) is 20.2 Å². The first-order chi connectivity index (χ1) is 5.14. The fourth-order valence-electron chi connectivity index (χ4n) is 0.220. The van der Waals surface area contributed by atoms with Gasteiger partial charge in [0, 0.05) is 63.7 Å². The van der Waals surface area contributed by atoms with Gasteiger partial charge in [-0.05, 0) is 0 Å². The lowest BCUT2D eigenvalue weighted by molar-refractivity contribution is -0.591. The zero-order valence-electron chi connectivity index (χ0n) is 5.04. The van der Waals surface area contributed by atoms with E-state index in [1.165, 1.54) is 0 Å². The molecule has 12 heavy (non-hydrogen) atoms. The third-order valence-corrected chi connectivity index (χ3v) is 6.40. The maximum Gasteiger partial charge on any atom is 0.415 e. The lowest BCUT2D eigenvalue weighted by atomic mass is 10.7. The molecule has 0 bridgehead atoms. The summed E-state index contributed by atoms with van der Waals surface area (Å²) in [5, 5.41) is 20.6. The molecule has 6 nitrogen and oxygen atoms in total. The summed E-state index contributed by atoms with van der Waals surface area (Å²) in [4.78, 5) is 18.9. The van der Waals surface area contributed by atoms with Crippen LogP contribution >= 0.6 is 63.7 Å². The van der Waals surface area contributed by atoms with Gasteiger partial charge in [-0.15, -0.1) is 0 Å². The molecule has 0 saturated heterocycles. The second kappa shape index (κ2) is 3.84. The van der Waals surface area contributed by atoms with Crippen LogP contribution in [0.2, 0.25) is 0 Å². The van der Waals surface area contributed by atoms with Crippen LogP contribution in [0, 0.1) is 20.2 Å². The SMILES string of the molecule is O=[N+]([O-])C(Br)(Br)C(Br)(Br)[N+](=O)[O-]. The average Bonchev–Trinajstić information content (AvgIpc) is 1.86. The Labute approximate surface area is 99.9 Å². The van der Waals surface area contributed by atoms with Crippen molar-refractivity contribution in [1.29, 1.82) is 0 Å². The maximum absolute atomic E-state index is 10.3. The minimum atomic E-state index is -2.10. The van der Waals surface area contributed by atoms with Gasteiger partial charge < -0.3 is 0 Å². The van der Waals surface area contributed by atoms with Gasteiger partial charge in [0.15, 0.2) is 0 Å². The molecule has 0 atom stereocenters. The molecule has 0 aliphatic heterocycles. The van der Waals surface area contributed by atoms with Crippen LogP contribution in [0.5, 0.6) is 0 Å². The monoisotopic (exact) mass is 432 g/mol.